The van der Waals surface area contributed by atoms with E-state index in [4.69, 9.17) is 19.2 Å². The summed E-state index contributed by atoms with van der Waals surface area (Å²) >= 11 is 1.76. The zero-order chi connectivity index (χ0) is 21.9. The van der Waals surface area contributed by atoms with Crippen molar-refractivity contribution in [2.45, 2.75) is 38.8 Å². The molecular weight excluding hydrogens is 410 g/mol. The summed E-state index contributed by atoms with van der Waals surface area (Å²) in [6.07, 6.45) is 3.39. The molecule has 1 aromatic carbocycles. The predicted molar refractivity (Wildman–Crippen MR) is 128 cm³/mol. The van der Waals surface area contributed by atoms with Gasteiger partial charge in [0, 0.05) is 44.8 Å². The predicted octanol–water partition coefficient (Wildman–Crippen LogP) is 4.41. The Morgan fingerprint density at radius 3 is 2.58 bits per heavy atom. The Bertz CT molecular complexity index is 799. The average molecular weight is 446 g/mol. The number of rotatable bonds is 10. The van der Waals surface area contributed by atoms with Crippen LogP contribution in [0, 0.1) is 0 Å². The molecule has 2 heterocycles. The number of ether oxygens (including phenoxy) is 3. The Morgan fingerprint density at radius 2 is 1.90 bits per heavy atom. The fourth-order valence-electron chi connectivity index (χ4n) is 3.66. The van der Waals surface area contributed by atoms with Crippen LogP contribution in [-0.4, -0.2) is 64.0 Å². The molecule has 7 heteroatoms. The zero-order valence-corrected chi connectivity index (χ0v) is 19.7. The van der Waals surface area contributed by atoms with Gasteiger partial charge in [-0.15, -0.1) is 11.3 Å². The maximum Gasteiger partial charge on any atom is 0.194 e. The maximum atomic E-state index is 5.99. The molecule has 1 fully saturated rings. The van der Waals surface area contributed by atoms with E-state index in [0.717, 1.165) is 63.8 Å². The van der Waals surface area contributed by atoms with E-state index in [9.17, 15) is 0 Å². The third-order valence-corrected chi connectivity index (χ3v) is 6.31. The Hall–Kier alpha value is -2.09. The van der Waals surface area contributed by atoms with Gasteiger partial charge in [0.1, 0.15) is 5.75 Å². The summed E-state index contributed by atoms with van der Waals surface area (Å²) in [5.41, 5.74) is 2.43. The first-order chi connectivity index (χ1) is 15.2. The summed E-state index contributed by atoms with van der Waals surface area (Å²) in [6, 6.07) is 10.4. The first-order valence-electron chi connectivity index (χ1n) is 11.1. The van der Waals surface area contributed by atoms with Gasteiger partial charge in [0.25, 0.3) is 0 Å². The van der Waals surface area contributed by atoms with Crippen LogP contribution in [0.5, 0.6) is 5.75 Å². The number of hydrogen-bond acceptors (Lipinski definition) is 5. The van der Waals surface area contributed by atoms with Crippen molar-refractivity contribution in [3.63, 3.8) is 0 Å². The van der Waals surface area contributed by atoms with Gasteiger partial charge in [-0.3, -0.25) is 0 Å². The van der Waals surface area contributed by atoms with Crippen LogP contribution in [0.3, 0.4) is 0 Å². The van der Waals surface area contributed by atoms with Crippen LogP contribution < -0.4 is 10.1 Å². The molecule has 31 heavy (non-hydrogen) atoms. The number of piperidine rings is 1. The topological polar surface area (TPSA) is 55.3 Å². The van der Waals surface area contributed by atoms with E-state index in [2.05, 4.69) is 40.7 Å². The minimum Gasteiger partial charge on any atom is -0.497 e. The van der Waals surface area contributed by atoms with E-state index in [1.54, 1.807) is 25.6 Å². The van der Waals surface area contributed by atoms with Gasteiger partial charge in [0.15, 0.2) is 5.96 Å². The van der Waals surface area contributed by atoms with Crippen molar-refractivity contribution in [3.05, 3.63) is 40.6 Å². The maximum absolute atomic E-state index is 5.99. The lowest BCUT2D eigenvalue weighted by Gasteiger charge is -2.34. The minimum atomic E-state index is 0.348. The van der Waals surface area contributed by atoms with Gasteiger partial charge < -0.3 is 24.4 Å². The fourth-order valence-corrected chi connectivity index (χ4v) is 4.48. The minimum absolute atomic E-state index is 0.348. The van der Waals surface area contributed by atoms with Crippen molar-refractivity contribution < 1.29 is 14.2 Å². The van der Waals surface area contributed by atoms with Gasteiger partial charge in [0.2, 0.25) is 0 Å². The van der Waals surface area contributed by atoms with E-state index < -0.39 is 0 Å². The number of nitrogens with one attached hydrogen (secondary N) is 1. The van der Waals surface area contributed by atoms with Crippen molar-refractivity contribution in [2.24, 2.45) is 4.99 Å². The molecule has 0 bridgehead atoms. The highest BCUT2D eigenvalue weighted by atomic mass is 32.1. The van der Waals surface area contributed by atoms with Crippen LogP contribution in [0.4, 0.5) is 0 Å². The van der Waals surface area contributed by atoms with Gasteiger partial charge in [-0.05, 0) is 60.9 Å². The first kappa shape index (κ1) is 23.6. The van der Waals surface area contributed by atoms with Gasteiger partial charge in [-0.25, -0.2) is 4.99 Å². The molecule has 1 saturated heterocycles. The van der Waals surface area contributed by atoms with Crippen LogP contribution in [0.2, 0.25) is 0 Å². The molecule has 6 nitrogen and oxygen atoms in total. The lowest BCUT2D eigenvalue weighted by molar-refractivity contribution is 0.00990. The second-order valence-corrected chi connectivity index (χ2v) is 8.60. The van der Waals surface area contributed by atoms with Gasteiger partial charge in [-0.2, -0.15) is 0 Å². The monoisotopic (exact) mass is 445 g/mol. The van der Waals surface area contributed by atoms with E-state index in [0.29, 0.717) is 12.6 Å². The molecule has 1 aliphatic heterocycles. The highest BCUT2D eigenvalue weighted by Crippen LogP contribution is 2.27. The highest BCUT2D eigenvalue weighted by molar-refractivity contribution is 7.10. The second-order valence-electron chi connectivity index (χ2n) is 7.60. The number of benzene rings is 1. The summed E-state index contributed by atoms with van der Waals surface area (Å²) in [7, 11) is 3.42. The molecule has 0 radical (unpaired) electrons. The van der Waals surface area contributed by atoms with Crippen LogP contribution in [0.15, 0.2) is 40.7 Å². The number of methoxy groups -OCH3 is 2. The van der Waals surface area contributed by atoms with Crippen molar-refractivity contribution in [3.8, 4) is 16.9 Å². The molecule has 1 aromatic heterocycles. The summed E-state index contributed by atoms with van der Waals surface area (Å²) < 4.78 is 16.3. The van der Waals surface area contributed by atoms with Crippen LogP contribution in [-0.2, 0) is 16.0 Å². The number of likely N-dealkylation sites (tertiary alicyclic amines) is 1. The Balaban J connectivity index is 1.53. The molecule has 0 spiro atoms. The quantitative estimate of drug-likeness (QED) is 0.334. The van der Waals surface area contributed by atoms with E-state index in [1.807, 2.05) is 12.1 Å². The summed E-state index contributed by atoms with van der Waals surface area (Å²) in [4.78, 5) is 8.54. The standard InChI is InChI=1S/C24H35N3O3S/c1-4-25-24(27-12-10-22(11-13-27)30-15-5-14-28-2)26-17-23-16-20(18-31-23)19-6-8-21(29-3)9-7-19/h6-9,16,18,22H,4-5,10-15,17H2,1-3H3,(H,25,26). The number of hydrogen-bond donors (Lipinski definition) is 1. The van der Waals surface area contributed by atoms with Crippen molar-refractivity contribution >= 4 is 17.3 Å². The van der Waals surface area contributed by atoms with Crippen LogP contribution in [0.25, 0.3) is 11.1 Å². The normalized spacial score (nSPS) is 15.3. The Kier molecular flexibility index (Phi) is 9.65. The van der Waals surface area contributed by atoms with Crippen LogP contribution >= 0.6 is 11.3 Å². The summed E-state index contributed by atoms with van der Waals surface area (Å²) in [5, 5.41) is 5.66. The van der Waals surface area contributed by atoms with Crippen molar-refractivity contribution in [1.82, 2.24) is 10.2 Å². The lowest BCUT2D eigenvalue weighted by Crippen LogP contribution is -2.47. The molecule has 2 aromatic rings. The highest BCUT2D eigenvalue weighted by Gasteiger charge is 2.21. The summed E-state index contributed by atoms with van der Waals surface area (Å²) in [6.45, 7) is 7.17. The molecule has 170 valence electrons. The second kappa shape index (κ2) is 12.7. The molecule has 0 aliphatic carbocycles. The number of guanidine groups is 1. The van der Waals surface area contributed by atoms with E-state index >= 15 is 0 Å². The average Bonchev–Trinajstić information content (AvgIpc) is 3.29. The number of nitrogens with zero attached hydrogens (tertiary/aromatic N) is 2. The molecule has 0 saturated carbocycles. The van der Waals surface area contributed by atoms with Gasteiger partial charge in [0.05, 0.1) is 19.8 Å². The van der Waals surface area contributed by atoms with E-state index in [1.165, 1.54) is 16.0 Å². The Labute approximate surface area is 190 Å². The molecule has 1 aliphatic rings. The van der Waals surface area contributed by atoms with Crippen molar-refractivity contribution in [2.75, 3.05) is 47.1 Å². The smallest absolute Gasteiger partial charge is 0.194 e. The molecule has 0 unspecified atom stereocenters. The third-order valence-electron chi connectivity index (χ3n) is 5.38. The fraction of sp³-hybridized carbons (Fsp3) is 0.542. The lowest BCUT2D eigenvalue weighted by atomic mass is 10.1. The largest absolute Gasteiger partial charge is 0.497 e. The Morgan fingerprint density at radius 1 is 1.13 bits per heavy atom. The van der Waals surface area contributed by atoms with Crippen LogP contribution in [0.1, 0.15) is 31.1 Å². The first-order valence-corrected chi connectivity index (χ1v) is 12.0. The third kappa shape index (κ3) is 7.23. The molecule has 3 rings (SSSR count). The molecule has 1 N–H and O–H groups in total. The van der Waals surface area contributed by atoms with Gasteiger partial charge >= 0.3 is 0 Å². The molecule has 0 amide bonds. The summed E-state index contributed by atoms with van der Waals surface area (Å²) in [5.74, 6) is 1.88. The molecule has 0 atom stereocenters. The number of aliphatic imine (C=N–C) groups is 1. The van der Waals surface area contributed by atoms with Crippen molar-refractivity contribution in [1.29, 1.82) is 0 Å². The SMILES string of the molecule is CCNC(=NCc1cc(-c2ccc(OC)cc2)cs1)N1CCC(OCCCOC)CC1. The molecular formula is C24H35N3O3S. The zero-order valence-electron chi connectivity index (χ0n) is 18.9. The number of thiophene rings is 1. The van der Waals surface area contributed by atoms with E-state index in [-0.39, 0.29) is 0 Å². The van der Waals surface area contributed by atoms with Gasteiger partial charge in [-0.1, -0.05) is 12.1 Å².